The number of rotatable bonds is 3. The van der Waals surface area contributed by atoms with Crippen LogP contribution in [0.2, 0.25) is 0 Å². The summed E-state index contributed by atoms with van der Waals surface area (Å²) in [5, 5.41) is 3.20. The average Bonchev–Trinajstić information content (AvgIpc) is 2.53. The maximum Gasteiger partial charge on any atom is 0.108 e. The molecule has 0 spiro atoms. The Morgan fingerprint density at radius 3 is 3.00 bits per heavy atom. The molecule has 0 saturated heterocycles. The lowest BCUT2D eigenvalue weighted by atomic mass is 10.1. The number of hydrogen-bond acceptors (Lipinski definition) is 2. The largest absolute Gasteiger partial charge is 0.371 e. The van der Waals surface area contributed by atoms with Crippen LogP contribution in [0.1, 0.15) is 39.5 Å². The smallest absolute Gasteiger partial charge is 0.108 e. The average molecular weight is 236 g/mol. The zero-order valence-corrected chi connectivity index (χ0v) is 11.0. The molecule has 0 aliphatic carbocycles. The molecule has 1 atom stereocenters. The van der Waals surface area contributed by atoms with Gasteiger partial charge in [0.25, 0.3) is 0 Å². The second-order valence-corrected chi connectivity index (χ2v) is 5.17. The summed E-state index contributed by atoms with van der Waals surface area (Å²) in [5.74, 6) is 0. The zero-order valence-electron chi connectivity index (χ0n) is 10.2. The molecule has 0 aromatic rings. The van der Waals surface area contributed by atoms with E-state index in [1.165, 1.54) is 24.1 Å². The highest BCUT2D eigenvalue weighted by Gasteiger charge is 2.32. The molecule has 2 aliphatic rings. The molecule has 2 heterocycles. The third kappa shape index (κ3) is 2.01. The summed E-state index contributed by atoms with van der Waals surface area (Å²) in [4.78, 5) is 3.43. The van der Waals surface area contributed by atoms with Gasteiger partial charge in [0, 0.05) is 36.0 Å². The van der Waals surface area contributed by atoms with E-state index in [0.29, 0.717) is 6.04 Å². The lowest BCUT2D eigenvalue weighted by Gasteiger charge is -2.29. The molecule has 0 aromatic heterocycles. The number of nitrogens with zero attached hydrogens (tertiary/aromatic N) is 1. The standard InChI is InChI=1S/C13H20N2S/c1-4-5-6-15-10(3)8-11-12(15)7-9(2)14-13(11)16/h10H,2,4-8H2,1,3H3,(H,14,16). The van der Waals surface area contributed by atoms with Crippen LogP contribution in [0.4, 0.5) is 0 Å². The van der Waals surface area contributed by atoms with Crippen molar-refractivity contribution in [1.82, 2.24) is 10.2 Å². The minimum absolute atomic E-state index is 0.599. The molecule has 2 rings (SSSR count). The Labute approximate surface area is 103 Å². The Kier molecular flexibility index (Phi) is 3.33. The van der Waals surface area contributed by atoms with Gasteiger partial charge in [0.1, 0.15) is 4.99 Å². The Bertz CT molecular complexity index is 357. The molecule has 0 fully saturated rings. The van der Waals surface area contributed by atoms with Crippen LogP contribution >= 0.6 is 12.2 Å². The van der Waals surface area contributed by atoms with Crippen molar-refractivity contribution in [2.45, 2.75) is 45.6 Å². The topological polar surface area (TPSA) is 15.3 Å². The molecule has 0 saturated carbocycles. The minimum Gasteiger partial charge on any atom is -0.371 e. The fourth-order valence-electron chi connectivity index (χ4n) is 2.56. The molecule has 0 radical (unpaired) electrons. The first kappa shape index (κ1) is 11.6. The van der Waals surface area contributed by atoms with Crippen molar-refractivity contribution in [3.8, 4) is 0 Å². The lowest BCUT2D eigenvalue weighted by molar-refractivity contribution is 0.284. The summed E-state index contributed by atoms with van der Waals surface area (Å²) >= 11 is 5.38. The van der Waals surface area contributed by atoms with Crippen molar-refractivity contribution in [3.63, 3.8) is 0 Å². The van der Waals surface area contributed by atoms with Crippen molar-refractivity contribution in [3.05, 3.63) is 23.5 Å². The van der Waals surface area contributed by atoms with Crippen LogP contribution in [0.25, 0.3) is 0 Å². The maximum absolute atomic E-state index is 5.38. The number of nitrogens with one attached hydrogen (secondary N) is 1. The van der Waals surface area contributed by atoms with Gasteiger partial charge < -0.3 is 10.2 Å². The quantitative estimate of drug-likeness (QED) is 0.758. The molecule has 0 amide bonds. The molecule has 1 N–H and O–H groups in total. The highest BCUT2D eigenvalue weighted by Crippen LogP contribution is 2.35. The van der Waals surface area contributed by atoms with E-state index in [2.05, 4.69) is 30.6 Å². The first-order valence-electron chi connectivity index (χ1n) is 6.11. The van der Waals surface area contributed by atoms with E-state index in [-0.39, 0.29) is 0 Å². The third-order valence-corrected chi connectivity index (χ3v) is 3.77. The van der Waals surface area contributed by atoms with Gasteiger partial charge in [-0.1, -0.05) is 32.1 Å². The van der Waals surface area contributed by atoms with E-state index in [1.807, 2.05) is 0 Å². The monoisotopic (exact) mass is 236 g/mol. The summed E-state index contributed by atoms with van der Waals surface area (Å²) in [5.41, 5.74) is 3.82. The number of hydrogen-bond donors (Lipinski definition) is 1. The third-order valence-electron chi connectivity index (χ3n) is 3.42. The zero-order chi connectivity index (χ0) is 11.7. The highest BCUT2D eigenvalue weighted by molar-refractivity contribution is 7.80. The van der Waals surface area contributed by atoms with Crippen LogP contribution in [-0.4, -0.2) is 22.5 Å². The maximum atomic E-state index is 5.38. The van der Waals surface area contributed by atoms with Crippen molar-refractivity contribution in [2.24, 2.45) is 0 Å². The Morgan fingerprint density at radius 1 is 1.56 bits per heavy atom. The fourth-order valence-corrected chi connectivity index (χ4v) is 2.91. The van der Waals surface area contributed by atoms with Crippen LogP contribution in [-0.2, 0) is 0 Å². The second-order valence-electron chi connectivity index (χ2n) is 4.76. The van der Waals surface area contributed by atoms with Crippen LogP contribution in [0.15, 0.2) is 23.5 Å². The minimum atomic E-state index is 0.599. The van der Waals surface area contributed by atoms with E-state index in [1.54, 1.807) is 0 Å². The van der Waals surface area contributed by atoms with Gasteiger partial charge in [0.15, 0.2) is 0 Å². The molecule has 2 nitrogen and oxygen atoms in total. The predicted molar refractivity (Wildman–Crippen MR) is 72.2 cm³/mol. The molecule has 0 aromatic carbocycles. The first-order chi connectivity index (χ1) is 7.63. The van der Waals surface area contributed by atoms with Crippen molar-refractivity contribution < 1.29 is 0 Å². The summed E-state index contributed by atoms with van der Waals surface area (Å²) in [6.45, 7) is 9.69. The number of unbranched alkanes of at least 4 members (excludes halogenated alkanes) is 1. The summed E-state index contributed by atoms with van der Waals surface area (Å²) in [6, 6.07) is 0.599. The molecular formula is C13H20N2S. The molecule has 16 heavy (non-hydrogen) atoms. The molecule has 3 heteroatoms. The molecule has 2 aliphatic heterocycles. The molecular weight excluding hydrogens is 216 g/mol. The molecule has 88 valence electrons. The Hall–Kier alpha value is -0.830. The molecule has 1 unspecified atom stereocenters. The first-order valence-corrected chi connectivity index (χ1v) is 6.52. The predicted octanol–water partition coefficient (Wildman–Crippen LogP) is 2.97. The van der Waals surface area contributed by atoms with E-state index in [9.17, 15) is 0 Å². The van der Waals surface area contributed by atoms with Crippen molar-refractivity contribution >= 4 is 17.2 Å². The van der Waals surface area contributed by atoms with Gasteiger partial charge in [-0.2, -0.15) is 0 Å². The van der Waals surface area contributed by atoms with Crippen molar-refractivity contribution in [2.75, 3.05) is 6.54 Å². The summed E-state index contributed by atoms with van der Waals surface area (Å²) in [7, 11) is 0. The fraction of sp³-hybridized carbons (Fsp3) is 0.615. The van der Waals surface area contributed by atoms with Gasteiger partial charge in [-0.3, -0.25) is 0 Å². The normalized spacial score (nSPS) is 24.9. The number of thiocarbonyl (C=S) groups is 1. The Balaban J connectivity index is 2.20. The van der Waals surface area contributed by atoms with Gasteiger partial charge >= 0.3 is 0 Å². The van der Waals surface area contributed by atoms with E-state index < -0.39 is 0 Å². The van der Waals surface area contributed by atoms with E-state index in [0.717, 1.165) is 30.1 Å². The van der Waals surface area contributed by atoms with Gasteiger partial charge in [-0.05, 0) is 19.8 Å². The van der Waals surface area contributed by atoms with Crippen LogP contribution in [0, 0.1) is 0 Å². The van der Waals surface area contributed by atoms with Gasteiger partial charge in [-0.25, -0.2) is 0 Å². The second kappa shape index (κ2) is 4.58. The Morgan fingerprint density at radius 2 is 2.31 bits per heavy atom. The van der Waals surface area contributed by atoms with Crippen molar-refractivity contribution in [1.29, 1.82) is 0 Å². The van der Waals surface area contributed by atoms with E-state index >= 15 is 0 Å². The highest BCUT2D eigenvalue weighted by atomic mass is 32.1. The van der Waals surface area contributed by atoms with Crippen LogP contribution < -0.4 is 5.32 Å². The van der Waals surface area contributed by atoms with Crippen LogP contribution in [0.5, 0.6) is 0 Å². The summed E-state index contributed by atoms with van der Waals surface area (Å²) in [6.07, 6.45) is 4.55. The lowest BCUT2D eigenvalue weighted by Crippen LogP contribution is -2.32. The van der Waals surface area contributed by atoms with E-state index in [4.69, 9.17) is 12.2 Å². The van der Waals surface area contributed by atoms with Crippen LogP contribution in [0.3, 0.4) is 0 Å². The molecule has 0 bridgehead atoms. The van der Waals surface area contributed by atoms with Gasteiger partial charge in [0.2, 0.25) is 0 Å². The van der Waals surface area contributed by atoms with Gasteiger partial charge in [-0.15, -0.1) is 0 Å². The summed E-state index contributed by atoms with van der Waals surface area (Å²) < 4.78 is 0. The van der Waals surface area contributed by atoms with Gasteiger partial charge in [0.05, 0.1) is 0 Å². The SMILES string of the molecule is C=C1CC2=C(CC(C)N2CCCC)C(=S)N1.